The Bertz CT molecular complexity index is 519. The number of nitrogens with one attached hydrogen (secondary N) is 1. The molecular weight excluding hydrogens is 308 g/mol. The Balaban J connectivity index is 2.07. The van der Waals surface area contributed by atoms with Crippen LogP contribution in [0.3, 0.4) is 0 Å². The van der Waals surface area contributed by atoms with Gasteiger partial charge < -0.3 is 5.32 Å². The SMILES string of the molecule is Fc1ccc(Br)cc1CNc1ccc(Cl)nn1. The van der Waals surface area contributed by atoms with E-state index in [-0.39, 0.29) is 5.82 Å². The Morgan fingerprint density at radius 2 is 2.06 bits per heavy atom. The molecule has 0 unspecified atom stereocenters. The summed E-state index contributed by atoms with van der Waals surface area (Å²) >= 11 is 8.90. The fraction of sp³-hybridized carbons (Fsp3) is 0.0909. The Morgan fingerprint density at radius 1 is 1.24 bits per heavy atom. The van der Waals surface area contributed by atoms with E-state index in [0.29, 0.717) is 23.1 Å². The van der Waals surface area contributed by atoms with Gasteiger partial charge in [-0.25, -0.2) is 4.39 Å². The summed E-state index contributed by atoms with van der Waals surface area (Å²) in [7, 11) is 0. The molecule has 0 atom stereocenters. The number of hydrogen-bond acceptors (Lipinski definition) is 3. The number of halogens is 3. The average molecular weight is 317 g/mol. The van der Waals surface area contributed by atoms with Crippen LogP contribution in [0.2, 0.25) is 5.15 Å². The van der Waals surface area contributed by atoms with Crippen molar-refractivity contribution in [3.63, 3.8) is 0 Å². The van der Waals surface area contributed by atoms with Crippen LogP contribution in [-0.4, -0.2) is 10.2 Å². The molecule has 1 aromatic carbocycles. The highest BCUT2D eigenvalue weighted by atomic mass is 79.9. The number of benzene rings is 1. The van der Waals surface area contributed by atoms with Crippen molar-refractivity contribution in [1.29, 1.82) is 0 Å². The molecular formula is C11H8BrClFN3. The summed E-state index contributed by atoms with van der Waals surface area (Å²) in [5.74, 6) is 0.288. The lowest BCUT2D eigenvalue weighted by molar-refractivity contribution is 0.612. The van der Waals surface area contributed by atoms with Crippen molar-refractivity contribution in [2.45, 2.75) is 6.54 Å². The van der Waals surface area contributed by atoms with Crippen LogP contribution in [0.4, 0.5) is 10.2 Å². The van der Waals surface area contributed by atoms with Gasteiger partial charge in [-0.1, -0.05) is 27.5 Å². The van der Waals surface area contributed by atoms with E-state index < -0.39 is 0 Å². The predicted octanol–water partition coefficient (Wildman–Crippen LogP) is 3.64. The van der Waals surface area contributed by atoms with Gasteiger partial charge >= 0.3 is 0 Å². The molecule has 0 aliphatic carbocycles. The van der Waals surface area contributed by atoms with E-state index in [2.05, 4.69) is 31.4 Å². The van der Waals surface area contributed by atoms with Crippen LogP contribution in [0.5, 0.6) is 0 Å². The molecule has 1 N–H and O–H groups in total. The van der Waals surface area contributed by atoms with Gasteiger partial charge in [0.25, 0.3) is 0 Å². The van der Waals surface area contributed by atoms with Gasteiger partial charge in [0, 0.05) is 16.6 Å². The van der Waals surface area contributed by atoms with Crippen molar-refractivity contribution in [3.8, 4) is 0 Å². The Kier molecular flexibility index (Phi) is 3.91. The fourth-order valence-electron chi connectivity index (χ4n) is 1.27. The summed E-state index contributed by atoms with van der Waals surface area (Å²) in [6.07, 6.45) is 0. The summed E-state index contributed by atoms with van der Waals surface area (Å²) in [5, 5.41) is 10.8. The maximum absolute atomic E-state index is 13.4. The van der Waals surface area contributed by atoms with Crippen molar-refractivity contribution in [1.82, 2.24) is 10.2 Å². The third-order valence-electron chi connectivity index (χ3n) is 2.10. The molecule has 0 fully saturated rings. The van der Waals surface area contributed by atoms with Gasteiger partial charge in [0.05, 0.1) is 0 Å². The largest absolute Gasteiger partial charge is 0.364 e. The molecule has 0 bridgehead atoms. The van der Waals surface area contributed by atoms with Crippen LogP contribution >= 0.6 is 27.5 Å². The van der Waals surface area contributed by atoms with E-state index in [1.807, 2.05) is 0 Å². The molecule has 0 saturated carbocycles. The highest BCUT2D eigenvalue weighted by molar-refractivity contribution is 9.10. The maximum Gasteiger partial charge on any atom is 0.151 e. The van der Waals surface area contributed by atoms with Crippen LogP contribution in [-0.2, 0) is 6.54 Å². The molecule has 0 radical (unpaired) electrons. The van der Waals surface area contributed by atoms with E-state index in [1.54, 1.807) is 24.3 Å². The summed E-state index contributed by atoms with van der Waals surface area (Å²) in [6, 6.07) is 8.08. The van der Waals surface area contributed by atoms with Crippen LogP contribution < -0.4 is 5.32 Å². The zero-order valence-electron chi connectivity index (χ0n) is 8.62. The van der Waals surface area contributed by atoms with Gasteiger partial charge in [-0.2, -0.15) is 0 Å². The highest BCUT2D eigenvalue weighted by Crippen LogP contribution is 2.16. The first-order valence-electron chi connectivity index (χ1n) is 4.82. The molecule has 3 nitrogen and oxygen atoms in total. The molecule has 2 rings (SSSR count). The minimum Gasteiger partial charge on any atom is -0.364 e. The topological polar surface area (TPSA) is 37.8 Å². The number of aromatic nitrogens is 2. The predicted molar refractivity (Wildman–Crippen MR) is 68.5 cm³/mol. The smallest absolute Gasteiger partial charge is 0.151 e. The number of nitrogens with zero attached hydrogens (tertiary/aromatic N) is 2. The van der Waals surface area contributed by atoms with Crippen LogP contribution in [0.1, 0.15) is 5.56 Å². The quantitative estimate of drug-likeness (QED) is 0.939. The highest BCUT2D eigenvalue weighted by Gasteiger charge is 2.03. The van der Waals surface area contributed by atoms with Crippen molar-refractivity contribution in [3.05, 3.63) is 51.3 Å². The lowest BCUT2D eigenvalue weighted by Crippen LogP contribution is -2.04. The molecule has 0 saturated heterocycles. The molecule has 1 heterocycles. The van der Waals surface area contributed by atoms with Gasteiger partial charge in [-0.3, -0.25) is 0 Å². The van der Waals surface area contributed by atoms with Gasteiger partial charge in [0.15, 0.2) is 5.15 Å². The van der Waals surface area contributed by atoms with Crippen LogP contribution in [0.25, 0.3) is 0 Å². The summed E-state index contributed by atoms with van der Waals surface area (Å²) in [6.45, 7) is 0.335. The Labute approximate surface area is 111 Å². The molecule has 0 spiro atoms. The lowest BCUT2D eigenvalue weighted by atomic mass is 10.2. The second-order valence-electron chi connectivity index (χ2n) is 3.33. The molecule has 88 valence electrons. The van der Waals surface area contributed by atoms with Crippen molar-refractivity contribution < 1.29 is 4.39 Å². The zero-order chi connectivity index (χ0) is 12.3. The number of anilines is 1. The third-order valence-corrected chi connectivity index (χ3v) is 2.79. The first-order valence-corrected chi connectivity index (χ1v) is 5.99. The van der Waals surface area contributed by atoms with E-state index in [1.165, 1.54) is 6.07 Å². The summed E-state index contributed by atoms with van der Waals surface area (Å²) in [4.78, 5) is 0. The van der Waals surface area contributed by atoms with Crippen molar-refractivity contribution >= 4 is 33.3 Å². The standard InChI is InChI=1S/C11H8BrClFN3/c12-8-1-2-9(14)7(5-8)6-15-11-4-3-10(13)16-17-11/h1-5H,6H2,(H,15,17). The maximum atomic E-state index is 13.4. The minimum atomic E-state index is -0.261. The van der Waals surface area contributed by atoms with Crippen molar-refractivity contribution in [2.24, 2.45) is 0 Å². The number of rotatable bonds is 3. The summed E-state index contributed by atoms with van der Waals surface area (Å²) in [5.41, 5.74) is 0.552. The zero-order valence-corrected chi connectivity index (χ0v) is 11.0. The van der Waals surface area contributed by atoms with Gasteiger partial charge in [0.1, 0.15) is 11.6 Å². The van der Waals surface area contributed by atoms with Crippen molar-refractivity contribution in [2.75, 3.05) is 5.32 Å². The first kappa shape index (κ1) is 12.3. The second kappa shape index (κ2) is 5.42. The summed E-state index contributed by atoms with van der Waals surface area (Å²) < 4.78 is 14.2. The number of hydrogen-bond donors (Lipinski definition) is 1. The molecule has 0 aliphatic heterocycles. The van der Waals surface area contributed by atoms with E-state index >= 15 is 0 Å². The normalized spacial score (nSPS) is 10.3. The fourth-order valence-corrected chi connectivity index (χ4v) is 1.78. The molecule has 0 aliphatic rings. The third kappa shape index (κ3) is 3.38. The van der Waals surface area contributed by atoms with Crippen LogP contribution in [0, 0.1) is 5.82 Å². The average Bonchev–Trinajstić information content (AvgIpc) is 2.32. The molecule has 1 aromatic heterocycles. The second-order valence-corrected chi connectivity index (χ2v) is 4.63. The molecule has 2 aromatic rings. The van der Waals surface area contributed by atoms with E-state index in [9.17, 15) is 4.39 Å². The van der Waals surface area contributed by atoms with Gasteiger partial charge in [-0.15, -0.1) is 10.2 Å². The Morgan fingerprint density at radius 3 is 2.76 bits per heavy atom. The monoisotopic (exact) mass is 315 g/mol. The Hall–Kier alpha value is -1.20. The minimum absolute atomic E-state index is 0.261. The van der Waals surface area contributed by atoms with E-state index in [4.69, 9.17) is 11.6 Å². The van der Waals surface area contributed by atoms with Gasteiger partial charge in [-0.05, 0) is 30.3 Å². The first-order chi connectivity index (χ1) is 8.15. The van der Waals surface area contributed by atoms with E-state index in [0.717, 1.165) is 4.47 Å². The molecule has 6 heteroatoms. The molecule has 0 amide bonds. The van der Waals surface area contributed by atoms with Crippen LogP contribution in [0.15, 0.2) is 34.8 Å². The lowest BCUT2D eigenvalue weighted by Gasteiger charge is -2.06. The molecule has 17 heavy (non-hydrogen) atoms. The van der Waals surface area contributed by atoms with Gasteiger partial charge in [0.2, 0.25) is 0 Å².